The third kappa shape index (κ3) is 5.69. The molecular weight excluding hydrogens is 477 g/mol. The first-order valence-corrected chi connectivity index (χ1v) is 12.0. The second kappa shape index (κ2) is 10.2. The van der Waals surface area contributed by atoms with Gasteiger partial charge in [0.15, 0.2) is 10.9 Å². The highest BCUT2D eigenvalue weighted by Gasteiger charge is 2.19. The van der Waals surface area contributed by atoms with E-state index in [0.29, 0.717) is 21.5 Å². The molecule has 0 spiro atoms. The van der Waals surface area contributed by atoms with E-state index in [4.69, 9.17) is 39.8 Å². The third-order valence-electron chi connectivity index (χ3n) is 5.84. The molecule has 1 aliphatic heterocycles. The van der Waals surface area contributed by atoms with Gasteiger partial charge in [0, 0.05) is 29.4 Å². The number of piperidine rings is 1. The van der Waals surface area contributed by atoms with Crippen molar-refractivity contribution in [3.8, 4) is 11.3 Å². The van der Waals surface area contributed by atoms with Crippen LogP contribution in [0.5, 0.6) is 0 Å². The summed E-state index contributed by atoms with van der Waals surface area (Å²) in [5, 5.41) is 7.10. The summed E-state index contributed by atoms with van der Waals surface area (Å²) in [6, 6.07) is 14.6. The lowest BCUT2D eigenvalue weighted by atomic mass is 9.99. The van der Waals surface area contributed by atoms with Crippen LogP contribution in [0.2, 0.25) is 10.0 Å². The fraction of sp³-hybridized carbons (Fsp3) is 0.280. The van der Waals surface area contributed by atoms with Gasteiger partial charge in [-0.05, 0) is 79.9 Å². The molecule has 0 bridgehead atoms. The molecule has 1 aliphatic rings. The van der Waals surface area contributed by atoms with Gasteiger partial charge < -0.3 is 14.6 Å². The number of furan rings is 1. The van der Waals surface area contributed by atoms with Crippen molar-refractivity contribution in [1.82, 2.24) is 5.32 Å². The highest BCUT2D eigenvalue weighted by Crippen LogP contribution is 2.32. The van der Waals surface area contributed by atoms with E-state index < -0.39 is 5.91 Å². The number of aryl methyl sites for hydroxylation is 1. The van der Waals surface area contributed by atoms with E-state index in [9.17, 15) is 4.79 Å². The molecule has 0 atom stereocenters. The second-order valence-electron chi connectivity index (χ2n) is 8.37. The zero-order valence-corrected chi connectivity index (χ0v) is 20.8. The van der Waals surface area contributed by atoms with Crippen LogP contribution in [0.4, 0.5) is 11.4 Å². The van der Waals surface area contributed by atoms with Gasteiger partial charge in [0.05, 0.1) is 10.7 Å². The molecule has 8 heteroatoms. The van der Waals surface area contributed by atoms with Gasteiger partial charge in [-0.3, -0.25) is 10.1 Å². The van der Waals surface area contributed by atoms with Crippen molar-refractivity contribution in [1.29, 1.82) is 0 Å². The van der Waals surface area contributed by atoms with Crippen LogP contribution >= 0.6 is 35.4 Å². The maximum absolute atomic E-state index is 12.6. The lowest BCUT2D eigenvalue weighted by Crippen LogP contribution is -2.34. The molecule has 33 heavy (non-hydrogen) atoms. The maximum atomic E-state index is 12.6. The lowest BCUT2D eigenvalue weighted by molar-refractivity contribution is 0.0951. The Labute approximate surface area is 209 Å². The van der Waals surface area contributed by atoms with Crippen LogP contribution in [-0.2, 0) is 0 Å². The largest absolute Gasteiger partial charge is 0.451 e. The van der Waals surface area contributed by atoms with E-state index in [0.717, 1.165) is 48.7 Å². The van der Waals surface area contributed by atoms with Gasteiger partial charge in [-0.2, -0.15) is 0 Å². The number of thiocarbonyl (C=S) groups is 1. The number of anilines is 2. The number of carbonyl (C=O) groups excluding carboxylic acids is 1. The minimum atomic E-state index is -0.442. The topological polar surface area (TPSA) is 57.5 Å². The molecule has 5 nitrogen and oxygen atoms in total. The van der Waals surface area contributed by atoms with E-state index in [1.54, 1.807) is 12.1 Å². The van der Waals surface area contributed by atoms with E-state index >= 15 is 0 Å². The van der Waals surface area contributed by atoms with Crippen molar-refractivity contribution in [2.75, 3.05) is 23.3 Å². The van der Waals surface area contributed by atoms with E-state index in [1.165, 1.54) is 0 Å². The van der Waals surface area contributed by atoms with Gasteiger partial charge in [0.2, 0.25) is 0 Å². The summed E-state index contributed by atoms with van der Waals surface area (Å²) in [5.41, 5.74) is 3.49. The average molecular weight is 502 g/mol. The SMILES string of the molecule is Cc1ccc(-c2ccc(C(=O)NC(=S)Nc3ccc(N4CCC(C)CC4)c(Cl)c3)o2)cc1Cl. The molecule has 0 saturated carbocycles. The number of nitrogens with one attached hydrogen (secondary N) is 2. The molecule has 3 aromatic rings. The molecule has 1 saturated heterocycles. The van der Waals surface area contributed by atoms with Gasteiger partial charge in [0.25, 0.3) is 5.91 Å². The molecule has 2 N–H and O–H groups in total. The van der Waals surface area contributed by atoms with E-state index in [1.807, 2.05) is 43.3 Å². The molecule has 172 valence electrons. The van der Waals surface area contributed by atoms with Crippen molar-refractivity contribution in [3.63, 3.8) is 0 Å². The predicted octanol–water partition coefficient (Wildman–Crippen LogP) is 6.92. The van der Waals surface area contributed by atoms with E-state index in [2.05, 4.69) is 22.5 Å². The lowest BCUT2D eigenvalue weighted by Gasteiger charge is -2.32. The molecule has 1 aromatic heterocycles. The summed E-state index contributed by atoms with van der Waals surface area (Å²) < 4.78 is 5.70. The van der Waals surface area contributed by atoms with Crippen LogP contribution in [0, 0.1) is 12.8 Å². The summed E-state index contributed by atoms with van der Waals surface area (Å²) in [4.78, 5) is 14.9. The fourth-order valence-electron chi connectivity index (χ4n) is 3.78. The number of hydrogen-bond acceptors (Lipinski definition) is 4. The third-order valence-corrected chi connectivity index (χ3v) is 6.76. The quantitative estimate of drug-likeness (QED) is 0.379. The second-order valence-corrected chi connectivity index (χ2v) is 9.59. The van der Waals surface area contributed by atoms with Gasteiger partial charge in [-0.25, -0.2) is 0 Å². The molecule has 2 aromatic carbocycles. The summed E-state index contributed by atoms with van der Waals surface area (Å²) in [6.45, 7) is 6.21. The summed E-state index contributed by atoms with van der Waals surface area (Å²) in [7, 11) is 0. The number of hydrogen-bond donors (Lipinski definition) is 2. The normalized spacial score (nSPS) is 14.2. The monoisotopic (exact) mass is 501 g/mol. The van der Waals surface area contributed by atoms with Crippen LogP contribution in [0.25, 0.3) is 11.3 Å². The Morgan fingerprint density at radius 3 is 2.52 bits per heavy atom. The van der Waals surface area contributed by atoms with Crippen LogP contribution in [0.3, 0.4) is 0 Å². The van der Waals surface area contributed by atoms with Gasteiger partial charge in [-0.1, -0.05) is 42.3 Å². The Morgan fingerprint density at radius 1 is 1.06 bits per heavy atom. The van der Waals surface area contributed by atoms with Crippen LogP contribution in [0.1, 0.15) is 35.9 Å². The highest BCUT2D eigenvalue weighted by molar-refractivity contribution is 7.80. The Hall–Kier alpha value is -2.54. The number of nitrogens with zero attached hydrogens (tertiary/aromatic N) is 1. The van der Waals surface area contributed by atoms with Crippen molar-refractivity contribution < 1.29 is 9.21 Å². The van der Waals surface area contributed by atoms with Crippen LogP contribution in [0.15, 0.2) is 52.9 Å². The van der Waals surface area contributed by atoms with Gasteiger partial charge in [0.1, 0.15) is 5.76 Å². The fourth-order valence-corrected chi connectivity index (χ4v) is 4.47. The summed E-state index contributed by atoms with van der Waals surface area (Å²) >= 11 is 18.0. The number of rotatable bonds is 4. The zero-order valence-electron chi connectivity index (χ0n) is 18.5. The molecule has 0 unspecified atom stereocenters. The van der Waals surface area contributed by atoms with Crippen molar-refractivity contribution in [2.45, 2.75) is 26.7 Å². The molecule has 0 aliphatic carbocycles. The molecule has 1 amide bonds. The summed E-state index contributed by atoms with van der Waals surface area (Å²) in [5.74, 6) is 1.01. The molecule has 0 radical (unpaired) electrons. The number of benzene rings is 2. The van der Waals surface area contributed by atoms with E-state index in [-0.39, 0.29) is 10.9 Å². The first kappa shape index (κ1) is 23.6. The van der Waals surface area contributed by atoms with Gasteiger partial charge in [-0.15, -0.1) is 0 Å². The zero-order chi connectivity index (χ0) is 23.5. The maximum Gasteiger partial charge on any atom is 0.293 e. The number of carbonyl (C=O) groups is 1. The van der Waals surface area contributed by atoms with Crippen LogP contribution < -0.4 is 15.5 Å². The predicted molar refractivity (Wildman–Crippen MR) is 140 cm³/mol. The van der Waals surface area contributed by atoms with Crippen LogP contribution in [-0.4, -0.2) is 24.1 Å². The number of amides is 1. The first-order chi connectivity index (χ1) is 15.8. The summed E-state index contributed by atoms with van der Waals surface area (Å²) in [6.07, 6.45) is 2.33. The highest BCUT2D eigenvalue weighted by atomic mass is 35.5. The Morgan fingerprint density at radius 2 is 1.82 bits per heavy atom. The molecule has 4 rings (SSSR count). The minimum Gasteiger partial charge on any atom is -0.451 e. The first-order valence-electron chi connectivity index (χ1n) is 10.8. The Balaban J connectivity index is 1.37. The Bertz CT molecular complexity index is 1190. The van der Waals surface area contributed by atoms with Crippen molar-refractivity contribution in [3.05, 3.63) is 69.9 Å². The smallest absolute Gasteiger partial charge is 0.293 e. The van der Waals surface area contributed by atoms with Crippen molar-refractivity contribution in [2.24, 2.45) is 5.92 Å². The molecule has 1 fully saturated rings. The van der Waals surface area contributed by atoms with Crippen molar-refractivity contribution >= 4 is 57.8 Å². The molecule has 2 heterocycles. The average Bonchev–Trinajstić information content (AvgIpc) is 3.27. The number of halogens is 2. The van der Waals surface area contributed by atoms with Gasteiger partial charge >= 0.3 is 0 Å². The molecular formula is C25H25Cl2N3O2S. The minimum absolute atomic E-state index is 0.151. The standard InChI is InChI=1S/C25H25Cl2N3O2S/c1-15-9-11-30(12-10-15)21-6-5-18(14-20(21)27)28-25(33)29-24(31)23-8-7-22(32-23)17-4-3-16(2)19(26)13-17/h3-8,13-15H,9-12H2,1-2H3,(H2,28,29,31,33). The Kier molecular flexibility index (Phi) is 7.27.